The van der Waals surface area contributed by atoms with Crippen molar-refractivity contribution in [3.8, 4) is 23.0 Å². The zero-order valence-electron chi connectivity index (χ0n) is 14.0. The summed E-state index contributed by atoms with van der Waals surface area (Å²) in [5.74, 6) is 2.66. The summed E-state index contributed by atoms with van der Waals surface area (Å²) in [6.45, 7) is 2.03. The monoisotopic (exact) mass is 354 g/mol. The van der Waals surface area contributed by atoms with Gasteiger partial charge in [0.15, 0.2) is 0 Å². The van der Waals surface area contributed by atoms with Gasteiger partial charge in [-0.2, -0.15) is 0 Å². The minimum Gasteiger partial charge on any atom is -0.497 e. The number of ether oxygens (including phenoxy) is 2. The molecule has 0 heterocycles. The first kappa shape index (κ1) is 17.0. The third-order valence-electron chi connectivity index (χ3n) is 3.50. The molecule has 25 heavy (non-hydrogen) atoms. The largest absolute Gasteiger partial charge is 0.497 e. The van der Waals surface area contributed by atoms with Crippen molar-refractivity contribution < 1.29 is 17.9 Å². The van der Waals surface area contributed by atoms with Gasteiger partial charge in [-0.15, -0.1) is 0 Å². The first-order chi connectivity index (χ1) is 12.1. The lowest BCUT2D eigenvalue weighted by Gasteiger charge is -2.08. The molecule has 0 amide bonds. The highest BCUT2D eigenvalue weighted by molar-refractivity contribution is 7.80. The predicted octanol–water partition coefficient (Wildman–Crippen LogP) is 4.90. The molecule has 0 aromatic heterocycles. The second-order valence-electron chi connectivity index (χ2n) is 5.38. The van der Waals surface area contributed by atoms with Gasteiger partial charge in [-0.1, -0.05) is 17.7 Å². The number of methoxy groups -OCH3 is 1. The fourth-order valence-corrected chi connectivity index (χ4v) is 2.87. The Hall–Kier alpha value is -2.79. The molecule has 0 fully saturated rings. The lowest BCUT2D eigenvalue weighted by atomic mass is 10.2. The van der Waals surface area contributed by atoms with Crippen LogP contribution in [0.3, 0.4) is 0 Å². The number of benzene rings is 3. The first-order valence-corrected chi connectivity index (χ1v) is 8.80. The average Bonchev–Trinajstić information content (AvgIpc) is 2.65. The van der Waals surface area contributed by atoms with Gasteiger partial charge < -0.3 is 13.7 Å². The second-order valence-corrected chi connectivity index (χ2v) is 6.49. The van der Waals surface area contributed by atoms with Crippen LogP contribution >= 0.6 is 0 Å². The molecule has 0 saturated carbocycles. The number of hydrogen-bond acceptors (Lipinski definition) is 4. The van der Waals surface area contributed by atoms with E-state index in [2.05, 4.69) is 0 Å². The van der Waals surface area contributed by atoms with E-state index >= 15 is 0 Å². The Morgan fingerprint density at radius 2 is 1.16 bits per heavy atom. The van der Waals surface area contributed by atoms with Crippen LogP contribution in [-0.4, -0.2) is 11.3 Å². The molecular weight excluding hydrogens is 336 g/mol. The van der Waals surface area contributed by atoms with Crippen LogP contribution in [-0.2, 0) is 11.1 Å². The van der Waals surface area contributed by atoms with E-state index in [0.29, 0.717) is 22.1 Å². The zero-order valence-corrected chi connectivity index (χ0v) is 14.8. The Balaban J connectivity index is 1.63. The maximum absolute atomic E-state index is 12.2. The van der Waals surface area contributed by atoms with Gasteiger partial charge >= 0.3 is 0 Å². The normalized spacial score (nSPS) is 11.6. The summed E-state index contributed by atoms with van der Waals surface area (Å²) in [6, 6.07) is 21.7. The number of aryl methyl sites for hydroxylation is 1. The molecule has 3 aromatic rings. The molecule has 0 bridgehead atoms. The van der Waals surface area contributed by atoms with Crippen LogP contribution in [0.1, 0.15) is 5.56 Å². The minimum atomic E-state index is -1.59. The Kier molecular flexibility index (Phi) is 5.36. The van der Waals surface area contributed by atoms with Crippen molar-refractivity contribution in [1.82, 2.24) is 0 Å². The van der Waals surface area contributed by atoms with E-state index in [1.165, 1.54) is 5.56 Å². The molecule has 3 rings (SSSR count). The van der Waals surface area contributed by atoms with E-state index < -0.39 is 11.1 Å². The maximum Gasteiger partial charge on any atom is 0.240 e. The van der Waals surface area contributed by atoms with Gasteiger partial charge in [0.1, 0.15) is 23.0 Å². The van der Waals surface area contributed by atoms with Gasteiger partial charge in [-0.25, -0.2) is 4.21 Å². The number of hydrogen-bond donors (Lipinski definition) is 0. The van der Waals surface area contributed by atoms with E-state index in [4.69, 9.17) is 13.7 Å². The summed E-state index contributed by atoms with van der Waals surface area (Å²) < 4.78 is 28.5. The van der Waals surface area contributed by atoms with E-state index in [1.807, 2.05) is 31.2 Å². The van der Waals surface area contributed by atoms with Crippen LogP contribution in [0.2, 0.25) is 0 Å². The summed E-state index contributed by atoms with van der Waals surface area (Å²) in [5.41, 5.74) is 1.18. The van der Waals surface area contributed by atoms with Crippen molar-refractivity contribution in [2.75, 3.05) is 7.11 Å². The van der Waals surface area contributed by atoms with Gasteiger partial charge in [-0.3, -0.25) is 0 Å². The summed E-state index contributed by atoms with van der Waals surface area (Å²) in [7, 11) is 1.59. The highest BCUT2D eigenvalue weighted by Crippen LogP contribution is 2.25. The highest BCUT2D eigenvalue weighted by Gasteiger charge is 2.07. The molecule has 0 spiro atoms. The number of rotatable bonds is 6. The summed E-state index contributed by atoms with van der Waals surface area (Å²) >= 11 is -1.59. The van der Waals surface area contributed by atoms with Gasteiger partial charge in [-0.05, 0) is 67.6 Å². The molecule has 0 aliphatic heterocycles. The standard InChI is InChI=1S/C20H18O4S/c1-15-3-5-17(6-4-15)23-18-7-9-19(10-8-18)24-25(21)20-13-11-16(22-2)12-14-20/h3-14H,1-2H3. The van der Waals surface area contributed by atoms with Crippen molar-refractivity contribution in [2.45, 2.75) is 11.8 Å². The Morgan fingerprint density at radius 1 is 0.680 bits per heavy atom. The van der Waals surface area contributed by atoms with Crippen molar-refractivity contribution >= 4 is 11.1 Å². The summed E-state index contributed by atoms with van der Waals surface area (Å²) in [5, 5.41) is 0. The van der Waals surface area contributed by atoms with Gasteiger partial charge in [0.2, 0.25) is 11.1 Å². The Bertz CT molecular complexity index is 840. The minimum absolute atomic E-state index is 0.505. The zero-order chi connectivity index (χ0) is 17.6. The average molecular weight is 354 g/mol. The fourth-order valence-electron chi connectivity index (χ4n) is 2.13. The second kappa shape index (κ2) is 7.85. The van der Waals surface area contributed by atoms with Gasteiger partial charge in [0.05, 0.1) is 12.0 Å². The molecule has 3 aromatic carbocycles. The fraction of sp³-hybridized carbons (Fsp3) is 0.100. The maximum atomic E-state index is 12.2. The molecule has 0 N–H and O–H groups in total. The Labute approximate surface area is 149 Å². The molecule has 4 nitrogen and oxygen atoms in total. The van der Waals surface area contributed by atoms with Crippen LogP contribution in [0, 0.1) is 6.92 Å². The quantitative estimate of drug-likeness (QED) is 0.632. The van der Waals surface area contributed by atoms with E-state index in [0.717, 1.165) is 5.75 Å². The molecule has 0 aliphatic rings. The molecule has 1 unspecified atom stereocenters. The van der Waals surface area contributed by atoms with Gasteiger partial charge in [0.25, 0.3) is 0 Å². The van der Waals surface area contributed by atoms with Crippen molar-refractivity contribution in [3.63, 3.8) is 0 Å². The van der Waals surface area contributed by atoms with E-state index in [9.17, 15) is 4.21 Å². The van der Waals surface area contributed by atoms with Crippen LogP contribution in [0.15, 0.2) is 77.7 Å². The predicted molar refractivity (Wildman–Crippen MR) is 97.7 cm³/mol. The van der Waals surface area contributed by atoms with Crippen molar-refractivity contribution in [3.05, 3.63) is 78.4 Å². The molecule has 0 aliphatic carbocycles. The molecule has 0 saturated heterocycles. The summed E-state index contributed by atoms with van der Waals surface area (Å²) in [6.07, 6.45) is 0. The molecule has 5 heteroatoms. The molecule has 1 atom stereocenters. The third kappa shape index (κ3) is 4.61. The first-order valence-electron chi connectivity index (χ1n) is 7.73. The smallest absolute Gasteiger partial charge is 0.240 e. The van der Waals surface area contributed by atoms with Crippen LogP contribution < -0.4 is 13.7 Å². The summed E-state index contributed by atoms with van der Waals surface area (Å²) in [4.78, 5) is 0.570. The molecular formula is C20H18O4S. The van der Waals surface area contributed by atoms with Crippen molar-refractivity contribution in [2.24, 2.45) is 0 Å². The SMILES string of the molecule is COc1ccc(S(=O)Oc2ccc(Oc3ccc(C)cc3)cc2)cc1. The van der Waals surface area contributed by atoms with Crippen LogP contribution in [0.25, 0.3) is 0 Å². The van der Waals surface area contributed by atoms with Gasteiger partial charge in [0, 0.05) is 0 Å². The molecule has 0 radical (unpaired) electrons. The van der Waals surface area contributed by atoms with Crippen molar-refractivity contribution in [1.29, 1.82) is 0 Å². The van der Waals surface area contributed by atoms with E-state index in [-0.39, 0.29) is 0 Å². The molecule has 128 valence electrons. The lowest BCUT2D eigenvalue weighted by molar-refractivity contribution is 0.414. The topological polar surface area (TPSA) is 44.8 Å². The van der Waals surface area contributed by atoms with Crippen LogP contribution in [0.4, 0.5) is 0 Å². The lowest BCUT2D eigenvalue weighted by Crippen LogP contribution is -2.01. The Morgan fingerprint density at radius 3 is 1.72 bits per heavy atom. The third-order valence-corrected chi connectivity index (χ3v) is 4.51. The highest BCUT2D eigenvalue weighted by atomic mass is 32.2. The van der Waals surface area contributed by atoms with E-state index in [1.54, 1.807) is 55.6 Å². The van der Waals surface area contributed by atoms with Crippen LogP contribution in [0.5, 0.6) is 23.0 Å².